The first-order valence-electron chi connectivity index (χ1n) is 12.9. The quantitative estimate of drug-likeness (QED) is 0.154. The van der Waals surface area contributed by atoms with E-state index in [2.05, 4.69) is 25.9 Å². The molecule has 0 aliphatic carbocycles. The number of nitrogens with zero attached hydrogens (tertiary/aromatic N) is 5. The van der Waals surface area contributed by atoms with Gasteiger partial charge in [-0.05, 0) is 37.3 Å². The molecule has 1 unspecified atom stereocenters. The van der Waals surface area contributed by atoms with Gasteiger partial charge in [0, 0.05) is 28.5 Å². The molecule has 1 N–H and O–H groups in total. The molecule has 2 heterocycles. The highest BCUT2D eigenvalue weighted by Gasteiger charge is 2.41. The number of hydrogen-bond acceptors (Lipinski definition) is 8. The summed E-state index contributed by atoms with van der Waals surface area (Å²) in [6.45, 7) is 3.56. The Morgan fingerprint density at radius 2 is 1.95 bits per heavy atom. The van der Waals surface area contributed by atoms with Gasteiger partial charge in [0.2, 0.25) is 0 Å². The minimum absolute atomic E-state index is 0.0491. The van der Waals surface area contributed by atoms with Gasteiger partial charge in [-0.15, -0.1) is 11.3 Å². The number of aryl methyl sites for hydroxylation is 1. The van der Waals surface area contributed by atoms with E-state index in [4.69, 9.17) is 16.9 Å². The fraction of sp³-hybridized carbons (Fsp3) is 0.194. The molecule has 0 bridgehead atoms. The fourth-order valence-electron chi connectivity index (χ4n) is 4.30. The van der Waals surface area contributed by atoms with Crippen molar-refractivity contribution in [3.63, 3.8) is 0 Å². The lowest BCUT2D eigenvalue weighted by atomic mass is 9.82. The van der Waals surface area contributed by atoms with Gasteiger partial charge in [0.15, 0.2) is 6.07 Å². The molecule has 0 amide bonds. The number of alkyl halides is 1. The van der Waals surface area contributed by atoms with Gasteiger partial charge >= 0.3 is 5.97 Å². The number of carbonyl (C=O) groups is 1. The summed E-state index contributed by atoms with van der Waals surface area (Å²) in [4.78, 5) is 19.6. The Kier molecular flexibility index (Phi) is 10.3. The number of nitriles is 1. The Morgan fingerprint density at radius 3 is 2.58 bits per heavy atom. The zero-order valence-corrected chi connectivity index (χ0v) is 24.7. The zero-order chi connectivity index (χ0) is 31.0. The van der Waals surface area contributed by atoms with Crippen LogP contribution in [0.5, 0.6) is 0 Å². The van der Waals surface area contributed by atoms with Gasteiger partial charge in [0.05, 0.1) is 34.4 Å². The van der Waals surface area contributed by atoms with E-state index in [0.29, 0.717) is 21.8 Å². The normalized spacial score (nSPS) is 12.8. The van der Waals surface area contributed by atoms with Gasteiger partial charge in [0.25, 0.3) is 0 Å². The summed E-state index contributed by atoms with van der Waals surface area (Å²) >= 11 is 6.57. The van der Waals surface area contributed by atoms with Crippen molar-refractivity contribution in [3.05, 3.63) is 124 Å². The lowest BCUT2D eigenvalue weighted by Crippen LogP contribution is -2.38. The van der Waals surface area contributed by atoms with E-state index >= 15 is 0 Å². The van der Waals surface area contributed by atoms with Crippen LogP contribution in [-0.2, 0) is 16.9 Å². The zero-order valence-electron chi connectivity index (χ0n) is 23.1. The van der Waals surface area contributed by atoms with Crippen LogP contribution in [-0.4, -0.2) is 36.9 Å². The van der Waals surface area contributed by atoms with E-state index in [9.17, 15) is 18.7 Å². The number of aromatic nitrogens is 4. The predicted octanol–water partition coefficient (Wildman–Crippen LogP) is 6.59. The molecule has 0 spiro atoms. The van der Waals surface area contributed by atoms with Crippen molar-refractivity contribution < 1.29 is 23.4 Å². The molecule has 220 valence electrons. The van der Waals surface area contributed by atoms with Gasteiger partial charge in [0.1, 0.15) is 29.9 Å². The standard InChI is InChI=1S/C22H17F2N5OS.C9H9ClO2/c1-14(21-28-20(10-31-21)16-4-2-15(9-25)3-5-16)22(30,11-29-13-26-12-27-29)18-7-6-17(23)8-19(18)24;1-7-3-2-4-8(5-7)9(11)12-6-10/h2-8,10,12-14,30H,11H2,1H3;2-5H,6H2,1H3/t14-,22?;/m0./s1. The Balaban J connectivity index is 0.000000296. The van der Waals surface area contributed by atoms with Gasteiger partial charge in [-0.25, -0.2) is 28.2 Å². The molecule has 2 atom stereocenters. The van der Waals surface area contributed by atoms with Crippen molar-refractivity contribution in [3.8, 4) is 17.3 Å². The van der Waals surface area contributed by atoms with E-state index < -0.39 is 23.2 Å². The van der Waals surface area contributed by atoms with Gasteiger partial charge in [-0.3, -0.25) is 0 Å². The van der Waals surface area contributed by atoms with Crippen molar-refractivity contribution in [1.82, 2.24) is 19.7 Å². The molecule has 0 fully saturated rings. The maximum absolute atomic E-state index is 14.7. The lowest BCUT2D eigenvalue weighted by Gasteiger charge is -2.33. The summed E-state index contributed by atoms with van der Waals surface area (Å²) < 4.78 is 34.2. The number of hydrogen-bond donors (Lipinski definition) is 1. The average Bonchev–Trinajstić information content (AvgIpc) is 3.70. The average molecular weight is 622 g/mol. The number of halogens is 3. The Labute approximate surface area is 255 Å². The van der Waals surface area contributed by atoms with Gasteiger partial charge < -0.3 is 9.84 Å². The number of benzene rings is 3. The van der Waals surface area contributed by atoms with Crippen LogP contribution >= 0.6 is 22.9 Å². The summed E-state index contributed by atoms with van der Waals surface area (Å²) in [5.41, 5.74) is 1.80. The first kappa shape index (κ1) is 31.4. The van der Waals surface area contributed by atoms with Crippen LogP contribution in [0.4, 0.5) is 8.78 Å². The molecular weight excluding hydrogens is 596 g/mol. The number of esters is 1. The maximum Gasteiger partial charge on any atom is 0.339 e. The molecule has 0 saturated heterocycles. The number of aliphatic hydroxyl groups is 1. The van der Waals surface area contributed by atoms with Gasteiger partial charge in [-0.2, -0.15) is 10.4 Å². The van der Waals surface area contributed by atoms with Crippen LogP contribution in [0.15, 0.2) is 84.8 Å². The summed E-state index contributed by atoms with van der Waals surface area (Å²) in [6, 6.07) is 19.2. The molecule has 12 heteroatoms. The van der Waals surface area contributed by atoms with Gasteiger partial charge in [-0.1, -0.05) is 54.4 Å². The van der Waals surface area contributed by atoms with Crippen LogP contribution in [0.3, 0.4) is 0 Å². The molecule has 2 aromatic heterocycles. The SMILES string of the molecule is C[C@@H](c1nc(-c2ccc(C#N)cc2)cs1)C(O)(Cn1cncn1)c1ccc(F)cc1F.Cc1cccc(C(=O)OCCl)c1. The smallest absolute Gasteiger partial charge is 0.339 e. The Morgan fingerprint density at radius 1 is 1.19 bits per heavy atom. The molecule has 43 heavy (non-hydrogen) atoms. The van der Waals surface area contributed by atoms with Crippen LogP contribution in [0.1, 0.15) is 44.9 Å². The van der Waals surface area contributed by atoms with Crippen molar-refractivity contribution in [1.29, 1.82) is 5.26 Å². The second-order valence-corrected chi connectivity index (χ2v) is 10.6. The van der Waals surface area contributed by atoms with Crippen molar-refractivity contribution in [2.75, 3.05) is 6.07 Å². The van der Waals surface area contributed by atoms with Crippen LogP contribution < -0.4 is 0 Å². The van der Waals surface area contributed by atoms with Crippen LogP contribution in [0, 0.1) is 29.9 Å². The number of rotatable bonds is 8. The number of ether oxygens (including phenoxy) is 1. The molecular formula is C31H26ClF2N5O3S. The molecule has 0 saturated carbocycles. The van der Waals surface area contributed by atoms with E-state index in [0.717, 1.165) is 23.3 Å². The first-order chi connectivity index (χ1) is 20.6. The Bertz CT molecular complexity index is 1720. The molecule has 5 rings (SSSR count). The summed E-state index contributed by atoms with van der Waals surface area (Å²) in [5.74, 6) is -2.60. The minimum atomic E-state index is -1.76. The Hall–Kier alpha value is -4.50. The monoisotopic (exact) mass is 621 g/mol. The molecule has 0 aliphatic rings. The molecule has 5 aromatic rings. The van der Waals surface area contributed by atoms with E-state index in [1.165, 1.54) is 34.7 Å². The van der Waals surface area contributed by atoms with Crippen molar-refractivity contribution >= 4 is 28.9 Å². The van der Waals surface area contributed by atoms with Crippen LogP contribution in [0.2, 0.25) is 0 Å². The second kappa shape index (κ2) is 14.1. The number of thiazole rings is 1. The maximum atomic E-state index is 14.7. The highest BCUT2D eigenvalue weighted by atomic mass is 35.5. The summed E-state index contributed by atoms with van der Waals surface area (Å²) in [7, 11) is 0. The van der Waals surface area contributed by atoms with E-state index in [1.54, 1.807) is 49.4 Å². The minimum Gasteiger partial charge on any atom is -0.446 e. The predicted molar refractivity (Wildman–Crippen MR) is 158 cm³/mol. The molecule has 0 radical (unpaired) electrons. The van der Waals surface area contributed by atoms with E-state index in [1.807, 2.05) is 18.4 Å². The van der Waals surface area contributed by atoms with Crippen molar-refractivity contribution in [2.45, 2.75) is 31.9 Å². The highest BCUT2D eigenvalue weighted by molar-refractivity contribution is 7.10. The first-order valence-corrected chi connectivity index (χ1v) is 14.3. The van der Waals surface area contributed by atoms with Crippen molar-refractivity contribution in [2.24, 2.45) is 0 Å². The second-order valence-electron chi connectivity index (χ2n) is 9.53. The fourth-order valence-corrected chi connectivity index (χ4v) is 5.37. The lowest BCUT2D eigenvalue weighted by molar-refractivity contribution is -0.0112. The van der Waals surface area contributed by atoms with E-state index in [-0.39, 0.29) is 24.1 Å². The molecule has 3 aromatic carbocycles. The largest absolute Gasteiger partial charge is 0.446 e. The third kappa shape index (κ3) is 7.67. The molecule has 0 aliphatic heterocycles. The molecule has 8 nitrogen and oxygen atoms in total. The highest BCUT2D eigenvalue weighted by Crippen LogP contribution is 2.41. The topological polar surface area (TPSA) is 114 Å². The summed E-state index contributed by atoms with van der Waals surface area (Å²) in [6.07, 6.45) is 2.74. The summed E-state index contributed by atoms with van der Waals surface area (Å²) in [5, 5.41) is 27.1. The van der Waals surface area contributed by atoms with Crippen LogP contribution in [0.25, 0.3) is 11.3 Å². The number of carbonyl (C=O) groups excluding carboxylic acids is 1. The third-order valence-corrected chi connectivity index (χ3v) is 7.76. The third-order valence-electron chi connectivity index (χ3n) is 6.63.